The Hall–Kier alpha value is -3.21. The minimum absolute atomic E-state index is 0.155. The van der Waals surface area contributed by atoms with Gasteiger partial charge in [0.05, 0.1) is 11.7 Å². The molecule has 0 amide bonds. The molecular weight excluding hydrogens is 372 g/mol. The number of para-hydroxylation sites is 1. The van der Waals surface area contributed by atoms with E-state index >= 15 is 0 Å². The lowest BCUT2D eigenvalue weighted by molar-refractivity contribution is 0.153. The number of hydrogen-bond donors (Lipinski definition) is 0. The molecule has 0 saturated heterocycles. The van der Waals surface area contributed by atoms with Crippen molar-refractivity contribution in [1.29, 1.82) is 0 Å². The second-order valence-corrected chi connectivity index (χ2v) is 8.76. The van der Waals surface area contributed by atoms with Crippen LogP contribution in [0.5, 0.6) is 0 Å². The van der Waals surface area contributed by atoms with Crippen molar-refractivity contribution in [2.24, 2.45) is 7.05 Å². The Labute approximate surface area is 177 Å². The third kappa shape index (κ3) is 2.51. The third-order valence-corrected chi connectivity index (χ3v) is 6.66. The fourth-order valence-electron chi connectivity index (χ4n) is 5.02. The first kappa shape index (κ1) is 18.8. The van der Waals surface area contributed by atoms with Gasteiger partial charge in [-0.2, -0.15) is 0 Å². The average molecular weight is 401 g/mol. The molecule has 154 valence electrons. The molecule has 1 atom stereocenters. The van der Waals surface area contributed by atoms with Crippen LogP contribution >= 0.6 is 0 Å². The number of aromatic nitrogens is 2. The van der Waals surface area contributed by atoms with E-state index in [9.17, 15) is 0 Å². The van der Waals surface area contributed by atoms with Gasteiger partial charge < -0.3 is 18.8 Å². The molecule has 1 aliphatic heterocycles. The minimum Gasteiger partial charge on any atom is -0.456 e. The standard InChI is InChI=1S/C25H28N4O/c1-16-11-12-21-23(19-9-7-8-10-20(19)30-21)24(16)25(4,5)29-14-13-28(18(29)3)22-15-26-17(2)27(22)6/h7-15,18H,1-6H3/t18-/m1/s1. The number of rotatable bonds is 3. The van der Waals surface area contributed by atoms with E-state index in [1.807, 2.05) is 25.3 Å². The van der Waals surface area contributed by atoms with E-state index in [4.69, 9.17) is 4.42 Å². The lowest BCUT2D eigenvalue weighted by Gasteiger charge is -2.42. The normalized spacial score (nSPS) is 17.1. The second kappa shape index (κ2) is 6.39. The molecule has 0 spiro atoms. The van der Waals surface area contributed by atoms with E-state index in [1.165, 1.54) is 21.9 Å². The fourth-order valence-corrected chi connectivity index (χ4v) is 5.02. The summed E-state index contributed by atoms with van der Waals surface area (Å²) in [6, 6.07) is 12.6. The molecule has 4 aromatic rings. The number of nitrogens with zero attached hydrogens (tertiary/aromatic N) is 4. The lowest BCUT2D eigenvalue weighted by atomic mass is 9.85. The van der Waals surface area contributed by atoms with Crippen LogP contribution in [0.2, 0.25) is 0 Å². The van der Waals surface area contributed by atoms with E-state index in [2.05, 4.69) is 90.8 Å². The number of anilines is 1. The van der Waals surface area contributed by atoms with Crippen LogP contribution in [0.25, 0.3) is 21.9 Å². The van der Waals surface area contributed by atoms with Gasteiger partial charge >= 0.3 is 0 Å². The molecule has 0 bridgehead atoms. The highest BCUT2D eigenvalue weighted by Gasteiger charge is 2.38. The van der Waals surface area contributed by atoms with Crippen LogP contribution < -0.4 is 4.90 Å². The minimum atomic E-state index is -0.242. The van der Waals surface area contributed by atoms with E-state index in [-0.39, 0.29) is 11.7 Å². The van der Waals surface area contributed by atoms with Gasteiger partial charge in [-0.15, -0.1) is 0 Å². The smallest absolute Gasteiger partial charge is 0.135 e. The topological polar surface area (TPSA) is 37.4 Å². The molecule has 0 aliphatic carbocycles. The van der Waals surface area contributed by atoms with Crippen molar-refractivity contribution >= 4 is 27.8 Å². The molecule has 2 aromatic carbocycles. The molecule has 5 heteroatoms. The summed E-state index contributed by atoms with van der Waals surface area (Å²) in [5.74, 6) is 2.10. The summed E-state index contributed by atoms with van der Waals surface area (Å²) in [4.78, 5) is 9.19. The fraction of sp³-hybridized carbons (Fsp3) is 0.320. The zero-order valence-corrected chi connectivity index (χ0v) is 18.5. The molecule has 1 aliphatic rings. The van der Waals surface area contributed by atoms with Gasteiger partial charge in [0.15, 0.2) is 0 Å². The Morgan fingerprint density at radius 1 is 1.00 bits per heavy atom. The van der Waals surface area contributed by atoms with Crippen LogP contribution in [0.1, 0.15) is 37.7 Å². The number of hydrogen-bond acceptors (Lipinski definition) is 4. The van der Waals surface area contributed by atoms with Crippen LogP contribution in [0, 0.1) is 13.8 Å². The Balaban J connectivity index is 1.64. The summed E-state index contributed by atoms with van der Waals surface area (Å²) < 4.78 is 8.31. The first-order valence-electron chi connectivity index (χ1n) is 10.5. The average Bonchev–Trinajstić information content (AvgIpc) is 3.38. The van der Waals surface area contributed by atoms with E-state index < -0.39 is 0 Å². The van der Waals surface area contributed by atoms with E-state index in [0.29, 0.717) is 0 Å². The zero-order chi connectivity index (χ0) is 21.2. The summed E-state index contributed by atoms with van der Waals surface area (Å²) >= 11 is 0. The molecule has 3 heterocycles. The highest BCUT2D eigenvalue weighted by molar-refractivity contribution is 6.07. The Morgan fingerprint density at radius 3 is 2.50 bits per heavy atom. The van der Waals surface area contributed by atoms with Gasteiger partial charge in [0.2, 0.25) is 0 Å². The van der Waals surface area contributed by atoms with Crippen molar-refractivity contribution in [3.63, 3.8) is 0 Å². The summed E-state index contributed by atoms with van der Waals surface area (Å²) in [5.41, 5.74) is 4.22. The Kier molecular flexibility index (Phi) is 4.01. The predicted octanol–water partition coefficient (Wildman–Crippen LogP) is 5.81. The van der Waals surface area contributed by atoms with Crippen LogP contribution in [-0.2, 0) is 12.6 Å². The maximum absolute atomic E-state index is 6.18. The molecule has 2 aromatic heterocycles. The molecule has 0 unspecified atom stereocenters. The molecular formula is C25H28N4O. The highest BCUT2D eigenvalue weighted by atomic mass is 16.3. The maximum Gasteiger partial charge on any atom is 0.135 e. The lowest BCUT2D eigenvalue weighted by Crippen LogP contribution is -2.47. The van der Waals surface area contributed by atoms with Gasteiger partial charge in [-0.1, -0.05) is 24.3 Å². The molecule has 30 heavy (non-hydrogen) atoms. The largest absolute Gasteiger partial charge is 0.456 e. The summed E-state index contributed by atoms with van der Waals surface area (Å²) in [7, 11) is 2.06. The molecule has 5 nitrogen and oxygen atoms in total. The maximum atomic E-state index is 6.18. The number of fused-ring (bicyclic) bond motifs is 3. The van der Waals surface area contributed by atoms with Gasteiger partial charge in [0.25, 0.3) is 0 Å². The number of furan rings is 1. The van der Waals surface area contributed by atoms with Gasteiger partial charge in [0, 0.05) is 30.2 Å². The quantitative estimate of drug-likeness (QED) is 0.435. The monoisotopic (exact) mass is 400 g/mol. The van der Waals surface area contributed by atoms with Crippen molar-refractivity contribution < 1.29 is 4.42 Å². The van der Waals surface area contributed by atoms with Crippen molar-refractivity contribution in [3.8, 4) is 0 Å². The van der Waals surface area contributed by atoms with Crippen LogP contribution in [-0.4, -0.2) is 20.6 Å². The van der Waals surface area contributed by atoms with Gasteiger partial charge in [-0.3, -0.25) is 0 Å². The van der Waals surface area contributed by atoms with Crippen LogP contribution in [0.3, 0.4) is 0 Å². The van der Waals surface area contributed by atoms with Crippen molar-refractivity contribution in [2.45, 2.75) is 46.3 Å². The molecule has 0 N–H and O–H groups in total. The third-order valence-electron chi connectivity index (χ3n) is 6.66. The summed E-state index contributed by atoms with van der Waals surface area (Å²) in [6.07, 6.45) is 6.46. The Morgan fingerprint density at radius 2 is 1.77 bits per heavy atom. The van der Waals surface area contributed by atoms with Gasteiger partial charge in [-0.05, 0) is 57.9 Å². The first-order valence-corrected chi connectivity index (χ1v) is 10.5. The predicted molar refractivity (Wildman–Crippen MR) is 122 cm³/mol. The van der Waals surface area contributed by atoms with Crippen LogP contribution in [0.15, 0.2) is 59.4 Å². The molecule has 0 radical (unpaired) electrons. The number of benzene rings is 2. The second-order valence-electron chi connectivity index (χ2n) is 8.76. The van der Waals surface area contributed by atoms with Crippen molar-refractivity contribution in [2.75, 3.05) is 4.90 Å². The highest BCUT2D eigenvalue weighted by Crippen LogP contribution is 2.43. The summed E-state index contributed by atoms with van der Waals surface area (Å²) in [5, 5.41) is 2.39. The number of imidazole rings is 1. The van der Waals surface area contributed by atoms with Crippen LogP contribution in [0.4, 0.5) is 5.82 Å². The van der Waals surface area contributed by atoms with Crippen molar-refractivity contribution in [3.05, 3.63) is 71.9 Å². The van der Waals surface area contributed by atoms with Gasteiger partial charge in [0.1, 0.15) is 29.0 Å². The Bertz CT molecular complexity index is 1290. The van der Waals surface area contributed by atoms with Gasteiger partial charge in [-0.25, -0.2) is 4.98 Å². The first-order chi connectivity index (χ1) is 14.3. The summed E-state index contributed by atoms with van der Waals surface area (Å²) in [6.45, 7) is 11.1. The van der Waals surface area contributed by atoms with E-state index in [0.717, 1.165) is 22.8 Å². The number of aryl methyl sites for hydroxylation is 2. The molecule has 5 rings (SSSR count). The van der Waals surface area contributed by atoms with Crippen molar-refractivity contribution in [1.82, 2.24) is 14.5 Å². The molecule has 0 saturated carbocycles. The zero-order valence-electron chi connectivity index (χ0n) is 18.5. The van der Waals surface area contributed by atoms with E-state index in [1.54, 1.807) is 0 Å². The SMILES string of the molecule is Cc1ccc2oc3ccccc3c2c1C(C)(C)N1C=CN(c2cnc(C)n2C)[C@H]1C. The molecule has 0 fully saturated rings.